The average molecular weight is 424 g/mol. The van der Waals surface area contributed by atoms with Gasteiger partial charge in [0.25, 0.3) is 0 Å². The molecule has 2 nitrogen and oxygen atoms in total. The van der Waals surface area contributed by atoms with Crippen LogP contribution in [-0.4, -0.2) is 4.98 Å². The summed E-state index contributed by atoms with van der Waals surface area (Å²) in [6.45, 7) is 0. The van der Waals surface area contributed by atoms with E-state index in [2.05, 4.69) is 76.6 Å². The highest BCUT2D eigenvalue weighted by atomic mass is 79.9. The third kappa shape index (κ3) is 2.23. The molecule has 0 saturated heterocycles. The monoisotopic (exact) mass is 423 g/mol. The Morgan fingerprint density at radius 3 is 2.50 bits per heavy atom. The van der Waals surface area contributed by atoms with Crippen LogP contribution in [0.3, 0.4) is 0 Å². The number of benzene rings is 4. The molecule has 6 rings (SSSR count). The molecular weight excluding hydrogens is 410 g/mol. The molecule has 0 spiro atoms. The van der Waals surface area contributed by atoms with Crippen molar-refractivity contribution in [1.29, 1.82) is 0 Å². The predicted octanol–water partition coefficient (Wildman–Crippen LogP) is 7.72. The summed E-state index contributed by atoms with van der Waals surface area (Å²) < 4.78 is 7.36. The highest BCUT2D eigenvalue weighted by molar-refractivity contribution is 9.10. The van der Waals surface area contributed by atoms with Crippen molar-refractivity contribution >= 4 is 59.5 Å². The molecule has 132 valence electrons. The zero-order chi connectivity index (χ0) is 18.7. The Kier molecular flexibility index (Phi) is 3.35. The fourth-order valence-corrected chi connectivity index (χ4v) is 4.48. The third-order valence-corrected chi connectivity index (χ3v) is 5.86. The van der Waals surface area contributed by atoms with Gasteiger partial charge in [0, 0.05) is 37.8 Å². The number of hydrogen-bond acceptors (Lipinski definition) is 2. The lowest BCUT2D eigenvalue weighted by Gasteiger charge is -2.10. The fraction of sp³-hybridized carbons (Fsp3) is 0. The summed E-state index contributed by atoms with van der Waals surface area (Å²) in [5, 5.41) is 5.73. The standard InChI is InChI=1S/C25H14BrNO/c26-17-11-12-22-21(14-17)20-8-2-7-19(25(20)28-22)18-6-1-4-15-9-10-16-5-3-13-27-24(16)23(15)18/h1-14H. The summed E-state index contributed by atoms with van der Waals surface area (Å²) in [6, 6.07) is 27.3. The Morgan fingerprint density at radius 1 is 0.714 bits per heavy atom. The largest absolute Gasteiger partial charge is 0.455 e. The number of nitrogens with zero attached hydrogens (tertiary/aromatic N) is 1. The molecule has 0 unspecified atom stereocenters. The number of fused-ring (bicyclic) bond motifs is 6. The SMILES string of the molecule is Brc1ccc2oc3c(-c4cccc5ccc6cccnc6c45)cccc3c2c1. The predicted molar refractivity (Wildman–Crippen MR) is 120 cm³/mol. The molecule has 0 aliphatic heterocycles. The molecule has 2 heterocycles. The lowest BCUT2D eigenvalue weighted by atomic mass is 9.95. The van der Waals surface area contributed by atoms with Crippen molar-refractivity contribution in [1.82, 2.24) is 4.98 Å². The Hall–Kier alpha value is -3.17. The highest BCUT2D eigenvalue weighted by Gasteiger charge is 2.15. The number of hydrogen-bond donors (Lipinski definition) is 0. The molecule has 4 aromatic carbocycles. The van der Waals surface area contributed by atoms with Crippen LogP contribution < -0.4 is 0 Å². The van der Waals surface area contributed by atoms with Gasteiger partial charge in [-0.15, -0.1) is 0 Å². The first kappa shape index (κ1) is 15.8. The van der Waals surface area contributed by atoms with Gasteiger partial charge in [0.15, 0.2) is 0 Å². The summed E-state index contributed by atoms with van der Waals surface area (Å²) in [4.78, 5) is 4.69. The summed E-state index contributed by atoms with van der Waals surface area (Å²) >= 11 is 3.58. The molecule has 2 aromatic heterocycles. The molecule has 0 amide bonds. The van der Waals surface area contributed by atoms with Crippen molar-refractivity contribution in [3.05, 3.63) is 89.5 Å². The van der Waals surface area contributed by atoms with Gasteiger partial charge in [-0.1, -0.05) is 70.5 Å². The molecule has 0 bridgehead atoms. The van der Waals surface area contributed by atoms with E-state index in [1.807, 2.05) is 24.4 Å². The minimum atomic E-state index is 0.897. The van der Waals surface area contributed by atoms with E-state index in [1.54, 1.807) is 0 Å². The van der Waals surface area contributed by atoms with E-state index >= 15 is 0 Å². The number of para-hydroxylation sites is 1. The van der Waals surface area contributed by atoms with E-state index in [0.717, 1.165) is 53.8 Å². The van der Waals surface area contributed by atoms with Crippen molar-refractivity contribution in [2.24, 2.45) is 0 Å². The number of halogens is 1. The van der Waals surface area contributed by atoms with Crippen molar-refractivity contribution in [3.8, 4) is 11.1 Å². The van der Waals surface area contributed by atoms with Crippen LogP contribution in [0.15, 0.2) is 93.9 Å². The molecule has 0 atom stereocenters. The van der Waals surface area contributed by atoms with Gasteiger partial charge < -0.3 is 4.42 Å². The number of furan rings is 1. The van der Waals surface area contributed by atoms with Crippen molar-refractivity contribution in [2.75, 3.05) is 0 Å². The van der Waals surface area contributed by atoms with E-state index < -0.39 is 0 Å². The van der Waals surface area contributed by atoms with Gasteiger partial charge in [-0.25, -0.2) is 0 Å². The zero-order valence-electron chi connectivity index (χ0n) is 14.8. The molecular formula is C25H14BrNO. The molecule has 0 aliphatic carbocycles. The molecule has 0 radical (unpaired) electrons. The van der Waals surface area contributed by atoms with Crippen LogP contribution in [0.4, 0.5) is 0 Å². The van der Waals surface area contributed by atoms with Crippen LogP contribution in [0, 0.1) is 0 Å². The average Bonchev–Trinajstić information content (AvgIpc) is 3.11. The van der Waals surface area contributed by atoms with Crippen molar-refractivity contribution in [2.45, 2.75) is 0 Å². The van der Waals surface area contributed by atoms with Gasteiger partial charge >= 0.3 is 0 Å². The quantitative estimate of drug-likeness (QED) is 0.253. The number of aromatic nitrogens is 1. The van der Waals surface area contributed by atoms with Crippen molar-refractivity contribution < 1.29 is 4.42 Å². The van der Waals surface area contributed by atoms with Crippen molar-refractivity contribution in [3.63, 3.8) is 0 Å². The van der Waals surface area contributed by atoms with Crippen LogP contribution in [-0.2, 0) is 0 Å². The number of rotatable bonds is 1. The topological polar surface area (TPSA) is 26.0 Å². The van der Waals surface area contributed by atoms with Gasteiger partial charge in [-0.2, -0.15) is 0 Å². The molecule has 0 fully saturated rings. The minimum absolute atomic E-state index is 0.897. The van der Waals surface area contributed by atoms with Crippen LogP contribution in [0.5, 0.6) is 0 Å². The molecule has 0 N–H and O–H groups in total. The molecule has 0 saturated carbocycles. The van der Waals surface area contributed by atoms with E-state index in [4.69, 9.17) is 9.40 Å². The lowest BCUT2D eigenvalue weighted by molar-refractivity contribution is 0.670. The Bertz CT molecular complexity index is 1530. The van der Waals surface area contributed by atoms with Gasteiger partial charge in [-0.05, 0) is 35.2 Å². The van der Waals surface area contributed by atoms with Gasteiger partial charge in [-0.3, -0.25) is 4.98 Å². The minimum Gasteiger partial charge on any atom is -0.455 e. The zero-order valence-corrected chi connectivity index (χ0v) is 16.4. The molecule has 3 heteroatoms. The van der Waals surface area contributed by atoms with Crippen LogP contribution in [0.2, 0.25) is 0 Å². The highest BCUT2D eigenvalue weighted by Crippen LogP contribution is 2.40. The molecule has 28 heavy (non-hydrogen) atoms. The Morgan fingerprint density at radius 2 is 1.54 bits per heavy atom. The van der Waals surface area contributed by atoms with E-state index in [1.165, 1.54) is 5.39 Å². The first-order valence-electron chi connectivity index (χ1n) is 9.17. The van der Waals surface area contributed by atoms with Gasteiger partial charge in [0.2, 0.25) is 0 Å². The second kappa shape index (κ2) is 5.91. The maximum absolute atomic E-state index is 6.31. The first-order chi connectivity index (χ1) is 13.8. The maximum atomic E-state index is 6.31. The second-order valence-corrected chi connectivity index (χ2v) is 7.88. The van der Waals surface area contributed by atoms with E-state index in [-0.39, 0.29) is 0 Å². The van der Waals surface area contributed by atoms with Gasteiger partial charge in [0.1, 0.15) is 11.2 Å². The van der Waals surface area contributed by atoms with Crippen LogP contribution >= 0.6 is 15.9 Å². The maximum Gasteiger partial charge on any atom is 0.143 e. The Labute approximate surface area is 169 Å². The fourth-order valence-electron chi connectivity index (χ4n) is 4.12. The molecule has 0 aliphatic rings. The summed E-state index contributed by atoms with van der Waals surface area (Å²) in [5.41, 5.74) is 5.07. The van der Waals surface area contributed by atoms with Crippen LogP contribution in [0.1, 0.15) is 0 Å². The summed E-state index contributed by atoms with van der Waals surface area (Å²) in [6.07, 6.45) is 1.86. The first-order valence-corrected chi connectivity index (χ1v) is 9.96. The summed E-state index contributed by atoms with van der Waals surface area (Å²) in [7, 11) is 0. The summed E-state index contributed by atoms with van der Waals surface area (Å²) in [5.74, 6) is 0. The van der Waals surface area contributed by atoms with Crippen LogP contribution in [0.25, 0.3) is 54.7 Å². The second-order valence-electron chi connectivity index (χ2n) is 6.97. The third-order valence-electron chi connectivity index (χ3n) is 5.36. The molecule has 6 aromatic rings. The normalized spacial score (nSPS) is 11.8. The number of pyridine rings is 1. The van der Waals surface area contributed by atoms with Gasteiger partial charge in [0.05, 0.1) is 5.52 Å². The van der Waals surface area contributed by atoms with E-state index in [9.17, 15) is 0 Å². The van der Waals surface area contributed by atoms with E-state index in [0.29, 0.717) is 0 Å². The Balaban J connectivity index is 1.78. The lowest BCUT2D eigenvalue weighted by Crippen LogP contribution is -1.86. The smallest absolute Gasteiger partial charge is 0.143 e.